The number of hydrogen-bond donors (Lipinski definition) is 4. The summed E-state index contributed by atoms with van der Waals surface area (Å²) in [6, 6.07) is 2.57. The van der Waals surface area contributed by atoms with Gasteiger partial charge >= 0.3 is 11.9 Å². The third kappa shape index (κ3) is 27.5. The molecular weight excluding hydrogens is 897 g/mol. The van der Waals surface area contributed by atoms with Crippen LogP contribution in [0.3, 0.4) is 0 Å². The number of benzene rings is 1. The first-order valence-corrected chi connectivity index (χ1v) is 24.1. The number of carboxylic acid groups (broad SMARTS) is 1. The molecule has 362 valence electrons. The number of hydrogen-bond acceptors (Lipinski definition) is 14. The van der Waals surface area contributed by atoms with Crippen LogP contribution < -0.4 is 20.1 Å². The number of nitrogens with zero attached hydrogens (tertiary/aromatic N) is 2. The number of carbonyl (C=O) groups excluding carboxylic acids is 3. The topological polar surface area (TPSA) is 240 Å². The molecule has 2 aromatic rings. The van der Waals surface area contributed by atoms with Crippen molar-refractivity contribution in [2.75, 3.05) is 77.3 Å². The van der Waals surface area contributed by atoms with E-state index in [0.717, 1.165) is 57.3 Å². The molecule has 4 N–H and O–H groups in total. The van der Waals surface area contributed by atoms with Crippen LogP contribution in [0.2, 0.25) is 10.0 Å². The molecule has 21 heteroatoms. The zero-order valence-corrected chi connectivity index (χ0v) is 39.7. The molecule has 2 rings (SSSR count). The molecule has 0 aliphatic carbocycles. The maximum atomic E-state index is 13.1. The average Bonchev–Trinajstić information content (AvgIpc) is 3.22. The third-order valence-corrected chi connectivity index (χ3v) is 11.0. The number of carbonyl (C=O) groups is 4. The second-order valence-electron chi connectivity index (χ2n) is 15.7. The molecule has 0 saturated carbocycles. The Labute approximate surface area is 387 Å². The van der Waals surface area contributed by atoms with Gasteiger partial charge in [0.1, 0.15) is 29.5 Å². The van der Waals surface area contributed by atoms with Gasteiger partial charge in [-0.2, -0.15) is 0 Å². The van der Waals surface area contributed by atoms with E-state index in [1.807, 2.05) is 20.8 Å². The smallest absolute Gasteiger partial charge is 0.329 e. The van der Waals surface area contributed by atoms with Crippen LogP contribution in [0, 0.1) is 0 Å². The number of anilines is 1. The Morgan fingerprint density at radius 1 is 0.656 bits per heavy atom. The number of rotatable bonds is 37. The number of halogens is 2. The minimum absolute atomic E-state index is 0.0808. The molecule has 0 saturated heterocycles. The van der Waals surface area contributed by atoms with Crippen molar-refractivity contribution in [3.8, 4) is 5.75 Å². The van der Waals surface area contributed by atoms with E-state index >= 15 is 0 Å². The second kappa shape index (κ2) is 32.7. The van der Waals surface area contributed by atoms with Crippen LogP contribution in [0.4, 0.5) is 5.95 Å². The summed E-state index contributed by atoms with van der Waals surface area (Å²) in [5.41, 5.74) is -0.331. The van der Waals surface area contributed by atoms with Gasteiger partial charge in [-0.25, -0.2) is 27.9 Å². The molecule has 0 radical (unpaired) electrons. The summed E-state index contributed by atoms with van der Waals surface area (Å²) in [4.78, 5) is 54.0. The Bertz CT molecular complexity index is 1780. The molecule has 1 aromatic heterocycles. The lowest BCUT2D eigenvalue weighted by molar-refractivity contribution is -0.155. The fourth-order valence-corrected chi connectivity index (χ4v) is 7.59. The van der Waals surface area contributed by atoms with Crippen molar-refractivity contribution in [1.82, 2.24) is 20.6 Å². The van der Waals surface area contributed by atoms with E-state index < -0.39 is 34.1 Å². The van der Waals surface area contributed by atoms with Crippen LogP contribution in [-0.2, 0) is 48.1 Å². The van der Waals surface area contributed by atoms with Gasteiger partial charge in [0.15, 0.2) is 0 Å². The Balaban J connectivity index is 1.54. The van der Waals surface area contributed by atoms with E-state index in [9.17, 15) is 27.6 Å². The summed E-state index contributed by atoms with van der Waals surface area (Å²) < 4.78 is 60.3. The fourth-order valence-electron chi connectivity index (χ4n) is 5.81. The molecule has 2 amide bonds. The summed E-state index contributed by atoms with van der Waals surface area (Å²) in [6.07, 6.45) is 17.4. The highest BCUT2D eigenvalue weighted by molar-refractivity contribution is 7.92. The monoisotopic (exact) mass is 963 g/mol. The second-order valence-corrected chi connectivity index (χ2v) is 18.2. The molecule has 18 nitrogen and oxygen atoms in total. The number of unbranched alkanes of at least 4 members (excludes halogenated alkanes) is 12. The summed E-state index contributed by atoms with van der Waals surface area (Å²) in [5, 5.41) is 13.7. The van der Waals surface area contributed by atoms with Crippen LogP contribution in [0.1, 0.15) is 121 Å². The van der Waals surface area contributed by atoms with Crippen LogP contribution in [0.15, 0.2) is 29.4 Å². The largest absolute Gasteiger partial charge is 0.492 e. The summed E-state index contributed by atoms with van der Waals surface area (Å²) in [5.74, 6) is -2.02. The lowest BCUT2D eigenvalue weighted by atomic mass is 10.0. The Morgan fingerprint density at radius 2 is 1.17 bits per heavy atom. The normalized spacial score (nSPS) is 11.6. The fraction of sp³-hybridized carbons (Fsp3) is 0.674. The highest BCUT2D eigenvalue weighted by Gasteiger charge is 2.22. The number of aromatic nitrogens is 2. The van der Waals surface area contributed by atoms with Gasteiger partial charge in [-0.1, -0.05) is 93.8 Å². The standard InChI is InChI=1S/C43H67Cl2N5O13S/c1-43(2,3)63-40(54)17-15-13-11-9-7-5-4-6-8-10-12-14-16-20-62-36-27-35(45)37(28-34(36)44)64(56,57)50-42-48-29-33(30-49-42)41(55)47-19-22-59-23-25-60-31-38(51)46-18-21-58-24-26-61-32-39(52)53/h27-30H,4-26,31-32H2,1-3H3,(H,46,51)(H,47,55)(H,52,53)(H,48,49,50). The maximum absolute atomic E-state index is 13.1. The first-order chi connectivity index (χ1) is 30.6. The predicted octanol–water partition coefficient (Wildman–Crippen LogP) is 6.76. The quantitative estimate of drug-likeness (QED) is 0.0404. The zero-order chi connectivity index (χ0) is 47.1. The number of ether oxygens (including phenoxy) is 6. The SMILES string of the molecule is CC(C)(C)OC(=O)CCCCCCCCCCCCCCCOc1cc(Cl)c(S(=O)(=O)Nc2ncc(C(=O)NCCOCCOCC(=O)NCCOCCOCC(=O)O)cn2)cc1Cl. The van der Waals surface area contributed by atoms with Crippen LogP contribution >= 0.6 is 23.2 Å². The minimum atomic E-state index is -4.25. The lowest BCUT2D eigenvalue weighted by Gasteiger charge is -2.19. The first kappa shape index (κ1) is 56.3. The number of esters is 1. The third-order valence-electron chi connectivity index (χ3n) is 8.92. The highest BCUT2D eigenvalue weighted by Crippen LogP contribution is 2.34. The van der Waals surface area contributed by atoms with E-state index in [0.29, 0.717) is 13.0 Å². The van der Waals surface area contributed by atoms with E-state index in [4.69, 9.17) is 56.7 Å². The van der Waals surface area contributed by atoms with Gasteiger partial charge in [-0.05, 0) is 39.7 Å². The van der Waals surface area contributed by atoms with Crippen molar-refractivity contribution in [2.24, 2.45) is 0 Å². The van der Waals surface area contributed by atoms with Gasteiger partial charge in [-0.3, -0.25) is 14.4 Å². The van der Waals surface area contributed by atoms with Gasteiger partial charge in [0.05, 0.1) is 61.9 Å². The van der Waals surface area contributed by atoms with Crippen LogP contribution in [0.25, 0.3) is 0 Å². The van der Waals surface area contributed by atoms with Crippen molar-refractivity contribution in [3.63, 3.8) is 0 Å². The van der Waals surface area contributed by atoms with Crippen LogP contribution in [0.5, 0.6) is 5.75 Å². The number of carboxylic acids is 1. The molecule has 1 heterocycles. The number of sulfonamides is 1. The van der Waals surface area contributed by atoms with Crippen LogP contribution in [-0.4, -0.2) is 125 Å². The van der Waals surface area contributed by atoms with Gasteiger partial charge in [0, 0.05) is 38.0 Å². The Hall–Kier alpha value is -3.85. The molecule has 1 aromatic carbocycles. The minimum Gasteiger partial charge on any atom is -0.492 e. The molecule has 0 atom stereocenters. The van der Waals surface area contributed by atoms with Gasteiger partial charge in [0.25, 0.3) is 15.9 Å². The predicted molar refractivity (Wildman–Crippen MR) is 242 cm³/mol. The molecule has 0 fully saturated rings. The summed E-state index contributed by atoms with van der Waals surface area (Å²) in [7, 11) is -4.25. The maximum Gasteiger partial charge on any atom is 0.329 e. The van der Waals surface area contributed by atoms with Crippen molar-refractivity contribution in [2.45, 2.75) is 121 Å². The zero-order valence-electron chi connectivity index (χ0n) is 37.4. The van der Waals surface area contributed by atoms with Crippen molar-refractivity contribution in [3.05, 3.63) is 40.1 Å². The number of amides is 2. The molecule has 0 bridgehead atoms. The summed E-state index contributed by atoms with van der Waals surface area (Å²) in [6.45, 7) is 6.97. The van der Waals surface area contributed by atoms with E-state index in [2.05, 4.69) is 25.3 Å². The van der Waals surface area contributed by atoms with Gasteiger partial charge in [0.2, 0.25) is 11.9 Å². The van der Waals surface area contributed by atoms with E-state index in [-0.39, 0.29) is 103 Å². The molecule has 64 heavy (non-hydrogen) atoms. The Kier molecular flexibility index (Phi) is 28.8. The number of aliphatic carboxylic acids is 1. The van der Waals surface area contributed by atoms with E-state index in [1.165, 1.54) is 50.7 Å². The highest BCUT2D eigenvalue weighted by atomic mass is 35.5. The lowest BCUT2D eigenvalue weighted by Crippen LogP contribution is -2.31. The average molecular weight is 965 g/mol. The molecule has 0 spiro atoms. The first-order valence-electron chi connectivity index (χ1n) is 21.8. The Morgan fingerprint density at radius 3 is 1.73 bits per heavy atom. The van der Waals surface area contributed by atoms with Gasteiger partial charge < -0.3 is 44.2 Å². The van der Waals surface area contributed by atoms with Gasteiger partial charge in [-0.15, -0.1) is 0 Å². The molecule has 0 unspecified atom stereocenters. The van der Waals surface area contributed by atoms with Crippen molar-refractivity contribution < 1.29 is 61.1 Å². The van der Waals surface area contributed by atoms with Crippen molar-refractivity contribution >= 4 is 62.9 Å². The van der Waals surface area contributed by atoms with E-state index in [1.54, 1.807) is 0 Å². The summed E-state index contributed by atoms with van der Waals surface area (Å²) >= 11 is 12.7. The molecule has 0 aliphatic heterocycles. The molecule has 0 aliphatic rings. The van der Waals surface area contributed by atoms with Crippen molar-refractivity contribution in [1.29, 1.82) is 0 Å². The molecular formula is C43H67Cl2N5O13S. The number of nitrogens with one attached hydrogen (secondary N) is 3.